The van der Waals surface area contributed by atoms with Crippen LogP contribution in [0.25, 0.3) is 0 Å². The number of hydrogen-bond donors (Lipinski definition) is 2. The van der Waals surface area contributed by atoms with Crippen LogP contribution >= 0.6 is 0 Å². The highest BCUT2D eigenvalue weighted by atomic mass is 16.2. The maximum atomic E-state index is 11.2. The lowest BCUT2D eigenvalue weighted by atomic mass is 9.60. The molecule has 1 aliphatic heterocycles. The zero-order valence-corrected chi connectivity index (χ0v) is 8.12. The Labute approximate surface area is 83.0 Å². The van der Waals surface area contributed by atoms with E-state index < -0.39 is 0 Å². The van der Waals surface area contributed by atoms with E-state index >= 15 is 0 Å². The summed E-state index contributed by atoms with van der Waals surface area (Å²) in [7, 11) is 0. The molecule has 1 heterocycles. The van der Waals surface area contributed by atoms with Gasteiger partial charge in [-0.3, -0.25) is 0 Å². The second-order valence-electron chi connectivity index (χ2n) is 4.82. The lowest BCUT2D eigenvalue weighted by molar-refractivity contribution is 0.0980. The first-order valence-corrected chi connectivity index (χ1v) is 5.37. The van der Waals surface area contributed by atoms with Crippen LogP contribution < -0.4 is 11.1 Å². The summed E-state index contributed by atoms with van der Waals surface area (Å²) in [6, 6.07) is -0.241. The molecule has 0 aromatic heterocycles. The molecule has 1 spiro atoms. The lowest BCUT2D eigenvalue weighted by Gasteiger charge is -2.49. The topological polar surface area (TPSA) is 67.5 Å². The lowest BCUT2D eigenvalue weighted by Crippen LogP contribution is -2.61. The SMILES string of the molecule is NC1=NC(=O)NC12CC1CCC2CC1. The Balaban J connectivity index is 1.98. The molecule has 4 heteroatoms. The first-order valence-electron chi connectivity index (χ1n) is 5.37. The van der Waals surface area contributed by atoms with Gasteiger partial charge in [-0.1, -0.05) is 0 Å². The number of carbonyl (C=O) groups excluding carboxylic acids is 1. The van der Waals surface area contributed by atoms with Gasteiger partial charge in [0.25, 0.3) is 0 Å². The molecule has 4 nitrogen and oxygen atoms in total. The van der Waals surface area contributed by atoms with Gasteiger partial charge < -0.3 is 11.1 Å². The molecule has 3 aliphatic carbocycles. The molecule has 0 aromatic rings. The van der Waals surface area contributed by atoms with Crippen molar-refractivity contribution in [3.8, 4) is 0 Å². The molecular formula is C10H15N3O. The minimum atomic E-state index is -0.252. The number of carbonyl (C=O) groups is 1. The summed E-state index contributed by atoms with van der Waals surface area (Å²) < 4.78 is 0. The van der Waals surface area contributed by atoms with E-state index in [4.69, 9.17) is 5.73 Å². The van der Waals surface area contributed by atoms with Crippen LogP contribution in [0.3, 0.4) is 0 Å². The number of nitrogens with one attached hydrogen (secondary N) is 1. The number of nitrogens with zero attached hydrogens (tertiary/aromatic N) is 1. The van der Waals surface area contributed by atoms with Crippen molar-refractivity contribution in [3.05, 3.63) is 0 Å². The van der Waals surface area contributed by atoms with Crippen molar-refractivity contribution in [2.45, 2.75) is 37.6 Å². The zero-order valence-electron chi connectivity index (χ0n) is 8.12. The van der Waals surface area contributed by atoms with E-state index in [9.17, 15) is 4.79 Å². The summed E-state index contributed by atoms with van der Waals surface area (Å²) >= 11 is 0. The maximum absolute atomic E-state index is 11.2. The number of aliphatic imine (C=N–C) groups is 1. The van der Waals surface area contributed by atoms with Crippen LogP contribution in [0, 0.1) is 11.8 Å². The Morgan fingerprint density at radius 2 is 2.07 bits per heavy atom. The Hall–Kier alpha value is -1.06. The minimum absolute atomic E-state index is 0.241. The quantitative estimate of drug-likeness (QED) is 0.603. The molecule has 4 rings (SSSR count). The molecule has 2 amide bonds. The van der Waals surface area contributed by atoms with Crippen LogP contribution in [-0.2, 0) is 0 Å². The first kappa shape index (κ1) is 8.26. The molecule has 1 atom stereocenters. The zero-order chi connectivity index (χ0) is 9.76. The fourth-order valence-electron chi connectivity index (χ4n) is 3.44. The highest BCUT2D eigenvalue weighted by Gasteiger charge is 2.53. The summed E-state index contributed by atoms with van der Waals surface area (Å²) in [5, 5.41) is 2.98. The third kappa shape index (κ3) is 0.885. The Morgan fingerprint density at radius 1 is 1.36 bits per heavy atom. The van der Waals surface area contributed by atoms with Gasteiger partial charge in [-0.2, -0.15) is 4.99 Å². The summed E-state index contributed by atoms with van der Waals surface area (Å²) in [5.74, 6) is 1.81. The van der Waals surface area contributed by atoms with Crippen molar-refractivity contribution in [3.63, 3.8) is 0 Å². The third-order valence-corrected chi connectivity index (χ3v) is 4.16. The van der Waals surface area contributed by atoms with Gasteiger partial charge in [-0.25, -0.2) is 4.79 Å². The number of amidine groups is 1. The predicted molar refractivity (Wildman–Crippen MR) is 53.0 cm³/mol. The Kier molecular flexibility index (Phi) is 1.47. The average molecular weight is 193 g/mol. The number of amides is 2. The van der Waals surface area contributed by atoms with Crippen molar-refractivity contribution >= 4 is 11.9 Å². The van der Waals surface area contributed by atoms with Gasteiger partial charge in [-0.15, -0.1) is 0 Å². The van der Waals surface area contributed by atoms with Gasteiger partial charge in [0.1, 0.15) is 11.4 Å². The van der Waals surface area contributed by atoms with E-state index in [2.05, 4.69) is 10.3 Å². The fraction of sp³-hybridized carbons (Fsp3) is 0.800. The van der Waals surface area contributed by atoms with Crippen molar-refractivity contribution in [2.24, 2.45) is 22.6 Å². The second kappa shape index (κ2) is 2.49. The molecule has 3 fully saturated rings. The molecule has 0 saturated heterocycles. The molecule has 0 radical (unpaired) electrons. The molecule has 3 N–H and O–H groups in total. The average Bonchev–Trinajstić information content (AvgIpc) is 2.43. The molecule has 4 aliphatic rings. The van der Waals surface area contributed by atoms with Crippen LogP contribution in [0.1, 0.15) is 32.1 Å². The van der Waals surface area contributed by atoms with Crippen LogP contribution in [0.4, 0.5) is 4.79 Å². The fourth-order valence-corrected chi connectivity index (χ4v) is 3.44. The number of rotatable bonds is 0. The maximum Gasteiger partial charge on any atom is 0.343 e. The van der Waals surface area contributed by atoms with Gasteiger partial charge in [0.2, 0.25) is 0 Å². The standard InChI is InChI=1S/C10H15N3O/c11-8-10(13-9(14)12-8)5-6-1-3-7(10)4-2-6/h6-7H,1-5H2,(H3,11,12,13,14). The van der Waals surface area contributed by atoms with Gasteiger partial charge in [0.05, 0.1) is 0 Å². The Morgan fingerprint density at radius 3 is 2.50 bits per heavy atom. The summed E-state index contributed by atoms with van der Waals surface area (Å²) in [4.78, 5) is 15.1. The summed E-state index contributed by atoms with van der Waals surface area (Å²) in [6.07, 6.45) is 6.01. The largest absolute Gasteiger partial charge is 0.385 e. The molecule has 3 saturated carbocycles. The number of urea groups is 1. The number of hydrogen-bond acceptors (Lipinski definition) is 2. The monoisotopic (exact) mass is 193 g/mol. The normalized spacial score (nSPS) is 45.4. The van der Waals surface area contributed by atoms with Crippen LogP contribution in [0.15, 0.2) is 4.99 Å². The van der Waals surface area contributed by atoms with E-state index in [1.165, 1.54) is 25.7 Å². The molecule has 2 bridgehead atoms. The molecule has 0 aromatic carbocycles. The highest BCUT2D eigenvalue weighted by molar-refractivity contribution is 6.06. The highest BCUT2D eigenvalue weighted by Crippen LogP contribution is 2.48. The van der Waals surface area contributed by atoms with E-state index in [0.29, 0.717) is 11.8 Å². The van der Waals surface area contributed by atoms with Crippen LogP contribution in [-0.4, -0.2) is 17.4 Å². The van der Waals surface area contributed by atoms with Crippen LogP contribution in [0.5, 0.6) is 0 Å². The Bertz CT molecular complexity index is 317. The van der Waals surface area contributed by atoms with Gasteiger partial charge in [0, 0.05) is 0 Å². The molecule has 1 unspecified atom stereocenters. The second-order valence-corrected chi connectivity index (χ2v) is 4.82. The van der Waals surface area contributed by atoms with Crippen LogP contribution in [0.2, 0.25) is 0 Å². The predicted octanol–water partition coefficient (Wildman–Crippen LogP) is 1.02. The van der Waals surface area contributed by atoms with Crippen molar-refractivity contribution in [1.29, 1.82) is 0 Å². The van der Waals surface area contributed by atoms with Gasteiger partial charge in [-0.05, 0) is 43.9 Å². The number of fused-ring (bicyclic) bond motifs is 2. The summed E-state index contributed by atoms with van der Waals surface area (Å²) in [6.45, 7) is 0. The summed E-state index contributed by atoms with van der Waals surface area (Å²) in [5.41, 5.74) is 5.64. The molecular weight excluding hydrogens is 178 g/mol. The van der Waals surface area contributed by atoms with Crippen molar-refractivity contribution in [2.75, 3.05) is 0 Å². The van der Waals surface area contributed by atoms with E-state index in [-0.39, 0.29) is 11.6 Å². The van der Waals surface area contributed by atoms with E-state index in [1.807, 2.05) is 0 Å². The van der Waals surface area contributed by atoms with E-state index in [0.717, 1.165) is 12.3 Å². The molecule has 14 heavy (non-hydrogen) atoms. The molecule has 76 valence electrons. The van der Waals surface area contributed by atoms with Crippen molar-refractivity contribution < 1.29 is 4.79 Å². The van der Waals surface area contributed by atoms with E-state index in [1.54, 1.807) is 0 Å². The number of nitrogens with two attached hydrogens (primary N) is 1. The third-order valence-electron chi connectivity index (χ3n) is 4.16. The first-order chi connectivity index (χ1) is 6.71. The van der Waals surface area contributed by atoms with Crippen molar-refractivity contribution in [1.82, 2.24) is 5.32 Å². The smallest absolute Gasteiger partial charge is 0.343 e. The minimum Gasteiger partial charge on any atom is -0.385 e. The van der Waals surface area contributed by atoms with Gasteiger partial charge in [0.15, 0.2) is 0 Å². The van der Waals surface area contributed by atoms with Gasteiger partial charge >= 0.3 is 6.03 Å².